The summed E-state index contributed by atoms with van der Waals surface area (Å²) in [5, 5.41) is 0. The number of fused-ring (bicyclic) bond motifs is 1. The van der Waals surface area contributed by atoms with Gasteiger partial charge in [0.25, 0.3) is 0 Å². The summed E-state index contributed by atoms with van der Waals surface area (Å²) in [5.74, 6) is -0.424. The van der Waals surface area contributed by atoms with E-state index in [9.17, 15) is 9.59 Å². The summed E-state index contributed by atoms with van der Waals surface area (Å²) in [7, 11) is 0. The van der Waals surface area contributed by atoms with Crippen LogP contribution in [0.5, 0.6) is 0 Å². The van der Waals surface area contributed by atoms with E-state index in [0.29, 0.717) is 6.42 Å². The van der Waals surface area contributed by atoms with Crippen LogP contribution in [0.25, 0.3) is 0 Å². The van der Waals surface area contributed by atoms with Crippen molar-refractivity contribution < 1.29 is 23.8 Å². The van der Waals surface area contributed by atoms with Gasteiger partial charge >= 0.3 is 5.97 Å². The van der Waals surface area contributed by atoms with Crippen LogP contribution in [0.15, 0.2) is 24.3 Å². The molecule has 3 aliphatic rings. The fourth-order valence-electron chi connectivity index (χ4n) is 4.07. The standard InChI is InChI=1S/C21H30O5/c1-15-7-3-2-4-8-16-13-17(26-21-9-5-6-12-24-21)14-18(16)19(22)10-11-20(23)25-15/h4,8,10-11,15-18,21H,2-3,5-7,9,12-14H2,1H3/b8-4+,11-10+/t15-,16+,17-,18+,21?/m0/s1. The Morgan fingerprint density at radius 2 is 1.96 bits per heavy atom. The molecular weight excluding hydrogens is 332 g/mol. The van der Waals surface area contributed by atoms with Crippen molar-refractivity contribution in [2.45, 2.75) is 76.8 Å². The lowest BCUT2D eigenvalue weighted by molar-refractivity contribution is -0.187. The Labute approximate surface area is 155 Å². The van der Waals surface area contributed by atoms with Crippen LogP contribution in [0, 0.1) is 11.8 Å². The summed E-state index contributed by atoms with van der Waals surface area (Å²) in [6.07, 6.45) is 14.2. The summed E-state index contributed by atoms with van der Waals surface area (Å²) in [6, 6.07) is 0. The van der Waals surface area contributed by atoms with E-state index in [1.165, 1.54) is 12.2 Å². The van der Waals surface area contributed by atoms with Gasteiger partial charge in [-0.15, -0.1) is 0 Å². The minimum Gasteiger partial charge on any atom is -0.460 e. The van der Waals surface area contributed by atoms with Crippen molar-refractivity contribution in [3.8, 4) is 0 Å². The van der Waals surface area contributed by atoms with Gasteiger partial charge in [-0.1, -0.05) is 12.2 Å². The smallest absolute Gasteiger partial charge is 0.331 e. The molecule has 5 atom stereocenters. The first-order valence-corrected chi connectivity index (χ1v) is 9.98. The second-order valence-corrected chi connectivity index (χ2v) is 7.64. The highest BCUT2D eigenvalue weighted by molar-refractivity contribution is 5.97. The molecule has 0 amide bonds. The lowest BCUT2D eigenvalue weighted by atomic mass is 9.91. The number of ketones is 1. The van der Waals surface area contributed by atoms with E-state index in [0.717, 1.165) is 51.6 Å². The molecule has 0 aromatic heterocycles. The van der Waals surface area contributed by atoms with Crippen molar-refractivity contribution in [3.05, 3.63) is 24.3 Å². The number of ether oxygens (including phenoxy) is 3. The zero-order valence-electron chi connectivity index (χ0n) is 15.6. The lowest BCUT2D eigenvalue weighted by Gasteiger charge is -2.25. The van der Waals surface area contributed by atoms with Gasteiger partial charge < -0.3 is 14.2 Å². The van der Waals surface area contributed by atoms with Crippen LogP contribution in [0.3, 0.4) is 0 Å². The molecule has 1 aliphatic carbocycles. The zero-order chi connectivity index (χ0) is 18.4. The topological polar surface area (TPSA) is 61.8 Å². The Morgan fingerprint density at radius 1 is 1.08 bits per heavy atom. The Balaban J connectivity index is 1.66. The van der Waals surface area contributed by atoms with Gasteiger partial charge in [0, 0.05) is 18.6 Å². The van der Waals surface area contributed by atoms with Crippen LogP contribution >= 0.6 is 0 Å². The molecule has 1 saturated heterocycles. The summed E-state index contributed by atoms with van der Waals surface area (Å²) in [4.78, 5) is 24.5. The van der Waals surface area contributed by atoms with Crippen LogP contribution in [0.4, 0.5) is 0 Å². The normalized spacial score (nSPS) is 39.0. The highest BCUT2D eigenvalue weighted by atomic mass is 16.7. The molecule has 0 aromatic rings. The molecule has 2 heterocycles. The third-order valence-electron chi connectivity index (χ3n) is 5.48. The van der Waals surface area contributed by atoms with Gasteiger partial charge in [-0.05, 0) is 70.3 Å². The first-order valence-electron chi connectivity index (χ1n) is 9.98. The fraction of sp³-hybridized carbons (Fsp3) is 0.714. The summed E-state index contributed by atoms with van der Waals surface area (Å²) in [6.45, 7) is 2.65. The molecule has 5 nitrogen and oxygen atoms in total. The molecule has 2 aliphatic heterocycles. The third kappa shape index (κ3) is 5.52. The molecule has 1 unspecified atom stereocenters. The van der Waals surface area contributed by atoms with E-state index in [1.54, 1.807) is 0 Å². The average molecular weight is 362 g/mol. The molecular formula is C21H30O5. The predicted molar refractivity (Wildman–Crippen MR) is 97.4 cm³/mol. The zero-order valence-corrected chi connectivity index (χ0v) is 15.6. The van der Waals surface area contributed by atoms with Crippen molar-refractivity contribution in [3.63, 3.8) is 0 Å². The molecule has 0 aromatic carbocycles. The lowest BCUT2D eigenvalue weighted by Crippen LogP contribution is -2.27. The second kappa shape index (κ2) is 9.47. The molecule has 1 saturated carbocycles. The molecule has 5 heteroatoms. The molecule has 144 valence electrons. The van der Waals surface area contributed by atoms with Crippen molar-refractivity contribution >= 4 is 11.8 Å². The number of carbonyl (C=O) groups is 2. The molecule has 0 radical (unpaired) electrons. The van der Waals surface area contributed by atoms with Crippen LogP contribution in [0.2, 0.25) is 0 Å². The van der Waals surface area contributed by atoms with Crippen LogP contribution in [-0.2, 0) is 23.8 Å². The van der Waals surface area contributed by atoms with Crippen molar-refractivity contribution in [1.29, 1.82) is 0 Å². The van der Waals surface area contributed by atoms with Crippen LogP contribution in [-0.4, -0.2) is 36.9 Å². The van der Waals surface area contributed by atoms with Gasteiger partial charge in [0.15, 0.2) is 12.1 Å². The van der Waals surface area contributed by atoms with Crippen molar-refractivity contribution in [2.24, 2.45) is 11.8 Å². The first kappa shape index (κ1) is 19.3. The highest BCUT2D eigenvalue weighted by Gasteiger charge is 2.38. The van der Waals surface area contributed by atoms with Gasteiger partial charge in [0.2, 0.25) is 0 Å². The van der Waals surface area contributed by atoms with Gasteiger partial charge in [0.1, 0.15) is 0 Å². The Hall–Kier alpha value is -1.46. The first-order chi connectivity index (χ1) is 12.6. The van der Waals surface area contributed by atoms with E-state index < -0.39 is 5.97 Å². The Morgan fingerprint density at radius 3 is 2.77 bits per heavy atom. The maximum atomic E-state index is 12.6. The number of esters is 1. The monoisotopic (exact) mass is 362 g/mol. The predicted octanol–water partition coefficient (Wildman–Crippen LogP) is 3.72. The number of carbonyl (C=O) groups excluding carboxylic acids is 2. The second-order valence-electron chi connectivity index (χ2n) is 7.64. The fourth-order valence-corrected chi connectivity index (χ4v) is 4.07. The molecule has 0 bridgehead atoms. The quantitative estimate of drug-likeness (QED) is 0.553. The van der Waals surface area contributed by atoms with E-state index in [4.69, 9.17) is 14.2 Å². The largest absolute Gasteiger partial charge is 0.460 e. The van der Waals surface area contributed by atoms with E-state index in [-0.39, 0.29) is 36.1 Å². The number of hydrogen-bond acceptors (Lipinski definition) is 5. The van der Waals surface area contributed by atoms with Crippen LogP contribution in [0.1, 0.15) is 58.3 Å². The van der Waals surface area contributed by atoms with Gasteiger partial charge in [-0.3, -0.25) is 4.79 Å². The molecule has 26 heavy (non-hydrogen) atoms. The Bertz CT molecular complexity index is 547. The maximum absolute atomic E-state index is 12.6. The summed E-state index contributed by atoms with van der Waals surface area (Å²) < 4.78 is 17.1. The SMILES string of the molecule is C[C@H]1CCC/C=C/[C@@H]2C[C@H](OC3CCCCO3)C[C@H]2C(=O)/C=C/C(=O)O1. The van der Waals surface area contributed by atoms with Gasteiger partial charge in [-0.2, -0.15) is 0 Å². The average Bonchev–Trinajstić information content (AvgIpc) is 3.02. The summed E-state index contributed by atoms with van der Waals surface area (Å²) >= 11 is 0. The third-order valence-corrected chi connectivity index (χ3v) is 5.48. The number of cyclic esters (lactones) is 1. The number of allylic oxidation sites excluding steroid dienone is 3. The molecule has 2 fully saturated rings. The molecule has 0 N–H and O–H groups in total. The Kier molecular flexibility index (Phi) is 7.03. The highest BCUT2D eigenvalue weighted by Crippen LogP contribution is 2.37. The van der Waals surface area contributed by atoms with E-state index >= 15 is 0 Å². The van der Waals surface area contributed by atoms with Crippen molar-refractivity contribution in [2.75, 3.05) is 6.61 Å². The minimum atomic E-state index is -0.434. The van der Waals surface area contributed by atoms with E-state index in [2.05, 4.69) is 12.2 Å². The van der Waals surface area contributed by atoms with Gasteiger partial charge in [0.05, 0.1) is 12.2 Å². The molecule has 0 spiro atoms. The van der Waals surface area contributed by atoms with Crippen molar-refractivity contribution in [1.82, 2.24) is 0 Å². The molecule has 3 rings (SSSR count). The minimum absolute atomic E-state index is 0.0147. The maximum Gasteiger partial charge on any atom is 0.331 e. The van der Waals surface area contributed by atoms with E-state index in [1.807, 2.05) is 6.92 Å². The van der Waals surface area contributed by atoms with Gasteiger partial charge in [-0.25, -0.2) is 4.79 Å². The number of hydrogen-bond donors (Lipinski definition) is 0. The summed E-state index contributed by atoms with van der Waals surface area (Å²) in [5.41, 5.74) is 0. The van der Waals surface area contributed by atoms with Crippen LogP contribution < -0.4 is 0 Å². The number of rotatable bonds is 2.